The number of aromatic nitrogens is 2. The molecule has 2 N–H and O–H groups in total. The van der Waals surface area contributed by atoms with Crippen LogP contribution in [0.4, 0.5) is 4.39 Å². The summed E-state index contributed by atoms with van der Waals surface area (Å²) < 4.78 is 13.5. The molecule has 0 fully saturated rings. The number of carbonyl (C=O) groups excluding carboxylic acids is 1. The summed E-state index contributed by atoms with van der Waals surface area (Å²) in [5.41, 5.74) is 3.63. The Morgan fingerprint density at radius 3 is 2.91 bits per heavy atom. The molecule has 0 saturated heterocycles. The van der Waals surface area contributed by atoms with E-state index in [0.29, 0.717) is 5.56 Å². The Hall–Kier alpha value is -2.69. The summed E-state index contributed by atoms with van der Waals surface area (Å²) in [6.07, 6.45) is 5.96. The van der Waals surface area contributed by atoms with Crippen LogP contribution in [-0.4, -0.2) is 15.9 Å². The van der Waals surface area contributed by atoms with Gasteiger partial charge in [0.2, 0.25) is 0 Å². The standard InChI is InChI=1S/C18H16FN3O/c19-12-4-5-15-14(10-12)13-2-1-3-16(17(13)21-15)22-18(23)11-6-8-20-9-7-11/h4-10,16,21H,1-3H2,(H,22,23). The number of carbonyl (C=O) groups is 1. The van der Waals surface area contributed by atoms with E-state index < -0.39 is 0 Å². The predicted molar refractivity (Wildman–Crippen MR) is 85.6 cm³/mol. The van der Waals surface area contributed by atoms with Gasteiger partial charge in [0.1, 0.15) is 5.82 Å². The third-order valence-corrected chi connectivity index (χ3v) is 4.42. The second-order valence-corrected chi connectivity index (χ2v) is 5.86. The van der Waals surface area contributed by atoms with Crippen LogP contribution >= 0.6 is 0 Å². The van der Waals surface area contributed by atoms with Crippen LogP contribution in [0.25, 0.3) is 10.9 Å². The van der Waals surface area contributed by atoms with Crippen LogP contribution in [0.2, 0.25) is 0 Å². The lowest BCUT2D eigenvalue weighted by molar-refractivity contribution is 0.0932. The Balaban J connectivity index is 1.68. The van der Waals surface area contributed by atoms with Gasteiger partial charge in [0, 0.05) is 34.6 Å². The van der Waals surface area contributed by atoms with Gasteiger partial charge in [-0.25, -0.2) is 4.39 Å². The first-order valence-electron chi connectivity index (χ1n) is 7.73. The number of fused-ring (bicyclic) bond motifs is 3. The first kappa shape index (κ1) is 13.9. The number of hydrogen-bond acceptors (Lipinski definition) is 2. The molecule has 3 aromatic rings. The second kappa shape index (κ2) is 5.50. The number of amides is 1. The lowest BCUT2D eigenvalue weighted by atomic mass is 9.91. The Kier molecular flexibility index (Phi) is 3.33. The lowest BCUT2D eigenvalue weighted by Gasteiger charge is -2.23. The van der Waals surface area contributed by atoms with Crippen molar-refractivity contribution in [3.05, 3.63) is 65.4 Å². The Morgan fingerprint density at radius 1 is 1.26 bits per heavy atom. The maximum absolute atomic E-state index is 13.5. The zero-order valence-corrected chi connectivity index (χ0v) is 12.5. The zero-order valence-electron chi connectivity index (χ0n) is 12.5. The summed E-state index contributed by atoms with van der Waals surface area (Å²) in [5.74, 6) is -0.350. The second-order valence-electron chi connectivity index (χ2n) is 5.86. The van der Waals surface area contributed by atoms with Crippen LogP contribution in [0, 0.1) is 5.82 Å². The first-order valence-corrected chi connectivity index (χ1v) is 7.73. The number of aryl methyl sites for hydroxylation is 1. The van der Waals surface area contributed by atoms with Gasteiger partial charge >= 0.3 is 0 Å². The summed E-state index contributed by atoms with van der Waals surface area (Å²) in [7, 11) is 0. The van der Waals surface area contributed by atoms with E-state index in [2.05, 4.69) is 15.3 Å². The number of pyridine rings is 1. The largest absolute Gasteiger partial charge is 0.356 e. The van der Waals surface area contributed by atoms with Crippen molar-refractivity contribution in [2.45, 2.75) is 25.3 Å². The van der Waals surface area contributed by atoms with Gasteiger partial charge in [-0.2, -0.15) is 0 Å². The zero-order chi connectivity index (χ0) is 15.8. The molecule has 1 atom stereocenters. The molecule has 2 heterocycles. The van der Waals surface area contributed by atoms with Gasteiger partial charge in [-0.3, -0.25) is 9.78 Å². The van der Waals surface area contributed by atoms with E-state index in [9.17, 15) is 9.18 Å². The monoisotopic (exact) mass is 309 g/mol. The number of halogens is 1. The highest BCUT2D eigenvalue weighted by molar-refractivity contribution is 5.94. The summed E-state index contributed by atoms with van der Waals surface area (Å²) in [5, 5.41) is 3.99. The average Bonchev–Trinajstić information content (AvgIpc) is 2.95. The molecule has 0 saturated carbocycles. The number of benzene rings is 1. The molecular formula is C18H16FN3O. The van der Waals surface area contributed by atoms with E-state index >= 15 is 0 Å². The van der Waals surface area contributed by atoms with Gasteiger partial charge in [0.25, 0.3) is 5.91 Å². The first-order chi connectivity index (χ1) is 11.2. The van der Waals surface area contributed by atoms with Gasteiger partial charge in [0.15, 0.2) is 0 Å². The third kappa shape index (κ3) is 2.48. The van der Waals surface area contributed by atoms with Crippen molar-refractivity contribution in [1.82, 2.24) is 15.3 Å². The molecule has 0 radical (unpaired) electrons. The predicted octanol–water partition coefficient (Wildman–Crippen LogP) is 3.51. The van der Waals surface area contributed by atoms with Crippen molar-refractivity contribution in [2.24, 2.45) is 0 Å². The van der Waals surface area contributed by atoms with Crippen LogP contribution in [0.5, 0.6) is 0 Å². The normalized spacial score (nSPS) is 17.0. The van der Waals surface area contributed by atoms with Gasteiger partial charge in [-0.05, 0) is 55.2 Å². The summed E-state index contributed by atoms with van der Waals surface area (Å²) in [4.78, 5) is 19.7. The number of rotatable bonds is 2. The van der Waals surface area contributed by atoms with E-state index in [0.717, 1.165) is 41.4 Å². The molecule has 116 valence electrons. The van der Waals surface area contributed by atoms with E-state index in [4.69, 9.17) is 0 Å². The van der Waals surface area contributed by atoms with Gasteiger partial charge in [-0.1, -0.05) is 0 Å². The minimum absolute atomic E-state index is 0.0742. The Labute approximate surface area is 132 Å². The molecule has 2 aromatic heterocycles. The fraction of sp³-hybridized carbons (Fsp3) is 0.222. The van der Waals surface area contributed by atoms with Crippen LogP contribution in [0.1, 0.15) is 40.5 Å². The van der Waals surface area contributed by atoms with E-state index in [1.165, 1.54) is 6.07 Å². The van der Waals surface area contributed by atoms with Crippen molar-refractivity contribution in [1.29, 1.82) is 0 Å². The molecule has 5 heteroatoms. The maximum Gasteiger partial charge on any atom is 0.251 e. The minimum atomic E-state index is -0.234. The van der Waals surface area contributed by atoms with Crippen LogP contribution in [-0.2, 0) is 6.42 Å². The molecule has 0 spiro atoms. The Bertz CT molecular complexity index is 873. The number of aromatic amines is 1. The average molecular weight is 309 g/mol. The molecule has 4 nitrogen and oxygen atoms in total. The van der Waals surface area contributed by atoms with Gasteiger partial charge in [0.05, 0.1) is 6.04 Å². The molecule has 1 aliphatic carbocycles. The van der Waals surface area contributed by atoms with Crippen molar-refractivity contribution in [2.75, 3.05) is 0 Å². The lowest BCUT2D eigenvalue weighted by Crippen LogP contribution is -2.31. The van der Waals surface area contributed by atoms with Crippen molar-refractivity contribution in [3.8, 4) is 0 Å². The summed E-state index contributed by atoms with van der Waals surface area (Å²) in [6.45, 7) is 0. The molecule has 0 aliphatic heterocycles. The van der Waals surface area contributed by atoms with Crippen molar-refractivity contribution in [3.63, 3.8) is 0 Å². The fourth-order valence-electron chi connectivity index (χ4n) is 3.32. The molecule has 1 amide bonds. The van der Waals surface area contributed by atoms with Crippen molar-refractivity contribution >= 4 is 16.8 Å². The number of nitrogens with zero attached hydrogens (tertiary/aromatic N) is 1. The number of hydrogen-bond donors (Lipinski definition) is 2. The highest BCUT2D eigenvalue weighted by Gasteiger charge is 2.26. The van der Waals surface area contributed by atoms with Crippen LogP contribution < -0.4 is 5.32 Å². The Morgan fingerprint density at radius 2 is 2.09 bits per heavy atom. The smallest absolute Gasteiger partial charge is 0.251 e. The quantitative estimate of drug-likeness (QED) is 0.761. The summed E-state index contributed by atoms with van der Waals surface area (Å²) >= 11 is 0. The van der Waals surface area contributed by atoms with Crippen LogP contribution in [0.15, 0.2) is 42.7 Å². The van der Waals surface area contributed by atoms with Gasteiger partial charge < -0.3 is 10.3 Å². The minimum Gasteiger partial charge on any atom is -0.356 e. The van der Waals surface area contributed by atoms with Crippen molar-refractivity contribution < 1.29 is 9.18 Å². The maximum atomic E-state index is 13.5. The SMILES string of the molecule is O=C(NC1CCCc2c1[nH]c1ccc(F)cc21)c1ccncc1. The third-order valence-electron chi connectivity index (χ3n) is 4.42. The van der Waals surface area contributed by atoms with E-state index in [-0.39, 0.29) is 17.8 Å². The molecular weight excluding hydrogens is 293 g/mol. The molecule has 4 rings (SSSR count). The fourth-order valence-corrected chi connectivity index (χ4v) is 3.32. The van der Waals surface area contributed by atoms with E-state index in [1.807, 2.05) is 0 Å². The molecule has 1 aliphatic rings. The molecule has 0 bridgehead atoms. The van der Waals surface area contributed by atoms with Crippen LogP contribution in [0.3, 0.4) is 0 Å². The highest BCUT2D eigenvalue weighted by atomic mass is 19.1. The molecule has 23 heavy (non-hydrogen) atoms. The topological polar surface area (TPSA) is 57.8 Å². The summed E-state index contributed by atoms with van der Waals surface area (Å²) in [6, 6.07) is 8.09. The van der Waals surface area contributed by atoms with Gasteiger partial charge in [-0.15, -0.1) is 0 Å². The number of H-pyrrole nitrogens is 1. The molecule has 1 aromatic carbocycles. The molecule has 1 unspecified atom stereocenters. The number of nitrogens with one attached hydrogen (secondary N) is 2. The highest BCUT2D eigenvalue weighted by Crippen LogP contribution is 2.35. The van der Waals surface area contributed by atoms with E-state index in [1.54, 1.807) is 36.7 Å².